The molecule has 1 aliphatic carbocycles. The van der Waals surface area contributed by atoms with Crippen molar-refractivity contribution in [3.63, 3.8) is 0 Å². The van der Waals surface area contributed by atoms with Crippen LogP contribution in [0.3, 0.4) is 0 Å². The van der Waals surface area contributed by atoms with E-state index in [4.69, 9.17) is 0 Å². The molecule has 0 bridgehead atoms. The van der Waals surface area contributed by atoms with Crippen molar-refractivity contribution >= 4 is 43.5 Å². The molecule has 1 atom stereocenters. The fourth-order valence-electron chi connectivity index (χ4n) is 4.65. The Hall–Kier alpha value is -3.24. The molecule has 0 saturated heterocycles. The highest BCUT2D eigenvalue weighted by molar-refractivity contribution is 7.91. The Morgan fingerprint density at radius 2 is 1.76 bits per heavy atom. The van der Waals surface area contributed by atoms with Crippen LogP contribution in [0.15, 0.2) is 77.9 Å². The molecule has 1 aliphatic heterocycles. The van der Waals surface area contributed by atoms with Gasteiger partial charge in [-0.25, -0.2) is 8.42 Å². The highest BCUT2D eigenvalue weighted by atomic mass is 32.2. The van der Waals surface area contributed by atoms with Crippen LogP contribution >= 0.6 is 0 Å². The van der Waals surface area contributed by atoms with Crippen LogP contribution in [0.25, 0.3) is 33.7 Å². The van der Waals surface area contributed by atoms with Crippen molar-refractivity contribution in [2.75, 3.05) is 0 Å². The molecule has 29 heavy (non-hydrogen) atoms. The third kappa shape index (κ3) is 2.42. The molecule has 140 valence electrons. The van der Waals surface area contributed by atoms with Crippen molar-refractivity contribution < 1.29 is 8.42 Å². The molecule has 0 radical (unpaired) electrons. The van der Waals surface area contributed by atoms with Gasteiger partial charge < -0.3 is 0 Å². The van der Waals surface area contributed by atoms with Crippen LogP contribution in [0.4, 0.5) is 0 Å². The van der Waals surface area contributed by atoms with Crippen molar-refractivity contribution in [3.05, 3.63) is 100 Å². The fraction of sp³-hybridized carbons (Fsp3) is 0.0800. The van der Waals surface area contributed by atoms with Crippen molar-refractivity contribution in [2.45, 2.75) is 11.0 Å². The maximum Gasteiger partial charge on any atom is 0.165 e. The SMILES string of the molecule is O=S(=O)(Cc1ccccc1)C1C=c2cccc3ccc4c5c(cc1c4c23)=NC=C5. The van der Waals surface area contributed by atoms with Crippen molar-refractivity contribution in [1.29, 1.82) is 0 Å². The Morgan fingerprint density at radius 3 is 2.62 bits per heavy atom. The number of rotatable bonds is 3. The Morgan fingerprint density at radius 1 is 0.897 bits per heavy atom. The van der Waals surface area contributed by atoms with E-state index in [1.165, 1.54) is 0 Å². The number of hydrogen-bond donors (Lipinski definition) is 0. The second-order valence-electron chi connectivity index (χ2n) is 7.66. The summed E-state index contributed by atoms with van der Waals surface area (Å²) < 4.78 is 27.1. The summed E-state index contributed by atoms with van der Waals surface area (Å²) in [5.41, 5.74) is 2.72. The van der Waals surface area contributed by atoms with E-state index in [1.54, 1.807) is 6.20 Å². The van der Waals surface area contributed by atoms with Crippen molar-refractivity contribution in [3.8, 4) is 0 Å². The minimum atomic E-state index is -3.46. The smallest absolute Gasteiger partial charge is 0.165 e. The highest BCUT2D eigenvalue weighted by Crippen LogP contribution is 2.39. The second-order valence-corrected chi connectivity index (χ2v) is 9.78. The largest absolute Gasteiger partial charge is 0.256 e. The van der Waals surface area contributed by atoms with Crippen molar-refractivity contribution in [1.82, 2.24) is 0 Å². The quantitative estimate of drug-likeness (QED) is 0.492. The van der Waals surface area contributed by atoms with Crippen LogP contribution < -0.4 is 10.6 Å². The molecule has 6 rings (SSSR count). The Bertz CT molecular complexity index is 1580. The lowest BCUT2D eigenvalue weighted by Crippen LogP contribution is -2.22. The summed E-state index contributed by atoms with van der Waals surface area (Å²) in [5, 5.41) is 5.53. The molecule has 4 heteroatoms. The molecule has 0 aromatic heterocycles. The third-order valence-corrected chi connectivity index (χ3v) is 7.81. The van der Waals surface area contributed by atoms with Gasteiger partial charge in [0.05, 0.1) is 11.1 Å². The zero-order chi connectivity index (χ0) is 19.6. The van der Waals surface area contributed by atoms with Crippen LogP contribution in [0.5, 0.6) is 0 Å². The van der Waals surface area contributed by atoms with Gasteiger partial charge in [0.15, 0.2) is 9.84 Å². The van der Waals surface area contributed by atoms with Crippen LogP contribution in [0.1, 0.15) is 21.9 Å². The van der Waals surface area contributed by atoms with E-state index in [0.29, 0.717) is 0 Å². The van der Waals surface area contributed by atoms with E-state index in [-0.39, 0.29) is 5.75 Å². The second kappa shape index (κ2) is 5.88. The highest BCUT2D eigenvalue weighted by Gasteiger charge is 2.31. The van der Waals surface area contributed by atoms with E-state index in [1.807, 2.05) is 60.7 Å². The van der Waals surface area contributed by atoms with Crippen LogP contribution in [0, 0.1) is 0 Å². The number of hydrogen-bond acceptors (Lipinski definition) is 3. The van der Waals surface area contributed by atoms with E-state index in [0.717, 1.165) is 48.8 Å². The average Bonchev–Trinajstić information content (AvgIpc) is 3.20. The lowest BCUT2D eigenvalue weighted by Gasteiger charge is -2.23. The first kappa shape index (κ1) is 16.7. The van der Waals surface area contributed by atoms with Crippen LogP contribution in [-0.4, -0.2) is 8.42 Å². The summed E-state index contributed by atoms with van der Waals surface area (Å²) in [6, 6.07) is 21.7. The van der Waals surface area contributed by atoms with E-state index >= 15 is 0 Å². The normalized spacial score (nSPS) is 16.8. The van der Waals surface area contributed by atoms with E-state index in [2.05, 4.69) is 23.2 Å². The molecular formula is C25H17NO2S. The first-order valence-corrected chi connectivity index (χ1v) is 11.3. The van der Waals surface area contributed by atoms with Gasteiger partial charge in [-0.2, -0.15) is 0 Å². The Labute approximate surface area is 168 Å². The van der Waals surface area contributed by atoms with Gasteiger partial charge in [-0.3, -0.25) is 4.99 Å². The minimum Gasteiger partial charge on any atom is -0.256 e. The summed E-state index contributed by atoms with van der Waals surface area (Å²) in [5.74, 6) is 0.0150. The van der Waals surface area contributed by atoms with Gasteiger partial charge in [0.2, 0.25) is 0 Å². The first-order valence-electron chi connectivity index (χ1n) is 9.62. The standard InChI is InChI=1S/C25H17NO2S/c27-29(28,15-16-5-2-1-3-6-16)23-13-18-8-4-7-17-9-10-20-19-11-12-26-22(19)14-21(23)25(20)24(17)18/h1-14,23H,15H2. The van der Waals surface area contributed by atoms with E-state index < -0.39 is 15.1 Å². The molecule has 3 nitrogen and oxygen atoms in total. The first-order chi connectivity index (χ1) is 14.1. The molecule has 1 heterocycles. The monoisotopic (exact) mass is 395 g/mol. The summed E-state index contributed by atoms with van der Waals surface area (Å²) in [6.45, 7) is 0. The topological polar surface area (TPSA) is 46.5 Å². The maximum atomic E-state index is 13.5. The molecule has 4 aromatic carbocycles. The molecule has 1 unspecified atom stereocenters. The number of sulfone groups is 1. The van der Waals surface area contributed by atoms with Gasteiger partial charge in [0, 0.05) is 11.8 Å². The van der Waals surface area contributed by atoms with Gasteiger partial charge in [-0.15, -0.1) is 0 Å². The van der Waals surface area contributed by atoms with E-state index in [9.17, 15) is 8.42 Å². The molecular weight excluding hydrogens is 378 g/mol. The molecule has 0 saturated carbocycles. The summed E-state index contributed by atoms with van der Waals surface area (Å²) in [6.07, 6.45) is 5.71. The fourth-order valence-corrected chi connectivity index (χ4v) is 6.41. The van der Waals surface area contributed by atoms with Crippen LogP contribution in [0.2, 0.25) is 0 Å². The van der Waals surface area contributed by atoms with Crippen molar-refractivity contribution in [2.24, 2.45) is 4.99 Å². The van der Waals surface area contributed by atoms with Gasteiger partial charge in [0.25, 0.3) is 0 Å². The number of fused-ring (bicyclic) bond motifs is 2. The molecule has 0 amide bonds. The minimum absolute atomic E-state index is 0.0150. The molecule has 4 aromatic rings. The zero-order valence-electron chi connectivity index (χ0n) is 15.5. The molecule has 0 spiro atoms. The molecule has 2 aliphatic rings. The Balaban J connectivity index is 1.69. The van der Waals surface area contributed by atoms with Gasteiger partial charge in [0.1, 0.15) is 5.25 Å². The third-order valence-electron chi connectivity index (χ3n) is 5.91. The summed E-state index contributed by atoms with van der Waals surface area (Å²) >= 11 is 0. The number of nitrogens with zero attached hydrogens (tertiary/aromatic N) is 1. The molecule has 0 fully saturated rings. The maximum absolute atomic E-state index is 13.5. The molecule has 0 N–H and O–H groups in total. The lowest BCUT2D eigenvalue weighted by atomic mass is 9.88. The predicted molar refractivity (Wildman–Crippen MR) is 118 cm³/mol. The Kier molecular flexibility index (Phi) is 3.38. The van der Waals surface area contributed by atoms with Gasteiger partial charge >= 0.3 is 0 Å². The predicted octanol–water partition coefficient (Wildman–Crippen LogP) is 4.05. The van der Waals surface area contributed by atoms with Gasteiger partial charge in [-0.05, 0) is 50.0 Å². The van der Waals surface area contributed by atoms with Crippen LogP contribution in [-0.2, 0) is 15.6 Å². The summed E-state index contributed by atoms with van der Waals surface area (Å²) in [4.78, 5) is 4.47. The summed E-state index contributed by atoms with van der Waals surface area (Å²) in [7, 11) is -3.46. The number of benzene rings is 4. The average molecular weight is 395 g/mol. The zero-order valence-corrected chi connectivity index (χ0v) is 16.4. The van der Waals surface area contributed by atoms with Gasteiger partial charge in [-0.1, -0.05) is 66.7 Å². The lowest BCUT2D eigenvalue weighted by molar-refractivity contribution is 0.591.